The number of sulfone groups is 1. The summed E-state index contributed by atoms with van der Waals surface area (Å²) in [4.78, 5) is 25.2. The molecule has 1 aliphatic heterocycles. The van der Waals surface area contributed by atoms with Crippen LogP contribution in [0.1, 0.15) is 32.8 Å². The lowest BCUT2D eigenvalue weighted by Gasteiger charge is -2.23. The van der Waals surface area contributed by atoms with Crippen LogP contribution in [0.15, 0.2) is 30.5 Å². The monoisotopic (exact) mass is 377 g/mol. The fraction of sp³-hybridized carbons (Fsp3) is 0.353. The zero-order valence-electron chi connectivity index (χ0n) is 14.4. The van der Waals surface area contributed by atoms with E-state index in [-0.39, 0.29) is 29.0 Å². The van der Waals surface area contributed by atoms with Gasteiger partial charge in [0.1, 0.15) is 5.56 Å². The maximum atomic E-state index is 12.6. The molecule has 1 fully saturated rings. The molecule has 1 aromatic carbocycles. The second kappa shape index (κ2) is 6.56. The summed E-state index contributed by atoms with van der Waals surface area (Å²) in [6, 6.07) is 6.30. The van der Waals surface area contributed by atoms with Crippen LogP contribution in [0.25, 0.3) is 5.69 Å². The molecule has 8 nitrogen and oxygen atoms in total. The van der Waals surface area contributed by atoms with Gasteiger partial charge in [0.2, 0.25) is 0 Å². The predicted molar refractivity (Wildman–Crippen MR) is 94.4 cm³/mol. The van der Waals surface area contributed by atoms with E-state index in [1.165, 1.54) is 15.8 Å². The molecule has 0 spiro atoms. The fourth-order valence-corrected chi connectivity index (χ4v) is 4.85. The number of carbonyl (C=O) groups excluding carboxylic acids is 1. The van der Waals surface area contributed by atoms with Gasteiger partial charge in [0.05, 0.1) is 29.1 Å². The number of hydrogen-bond acceptors (Lipinski definition) is 5. The van der Waals surface area contributed by atoms with E-state index in [9.17, 15) is 18.0 Å². The number of carboxylic acids is 1. The Kier molecular flexibility index (Phi) is 4.57. The predicted octanol–water partition coefficient (Wildman–Crippen LogP) is 1.14. The molecule has 26 heavy (non-hydrogen) atoms. The third-order valence-electron chi connectivity index (χ3n) is 4.68. The van der Waals surface area contributed by atoms with E-state index in [1.807, 2.05) is 0 Å². The van der Waals surface area contributed by atoms with Crippen LogP contribution in [0, 0.1) is 6.92 Å². The molecule has 9 heteroatoms. The van der Waals surface area contributed by atoms with Gasteiger partial charge in [-0.3, -0.25) is 4.79 Å². The third kappa shape index (κ3) is 3.34. The standard InChI is InChI=1S/C17H19N3O5S/c1-11-15(17(22)23)9-18-20(11)13-5-3-12(4-6-13)16(21)19(2)14-7-8-26(24,25)10-14/h3-6,9,14H,7-8,10H2,1-2H3,(H,22,23)/t14-/m0/s1. The van der Waals surface area contributed by atoms with Crippen LogP contribution in [-0.2, 0) is 9.84 Å². The van der Waals surface area contributed by atoms with Crippen LogP contribution in [0.2, 0.25) is 0 Å². The molecule has 1 N–H and O–H groups in total. The maximum Gasteiger partial charge on any atom is 0.339 e. The van der Waals surface area contributed by atoms with Crippen molar-refractivity contribution in [3.05, 3.63) is 47.3 Å². The summed E-state index contributed by atoms with van der Waals surface area (Å²) in [7, 11) is -1.45. The van der Waals surface area contributed by atoms with E-state index in [4.69, 9.17) is 5.11 Å². The maximum absolute atomic E-state index is 12.6. The lowest BCUT2D eigenvalue weighted by Crippen LogP contribution is -2.37. The van der Waals surface area contributed by atoms with E-state index >= 15 is 0 Å². The Bertz CT molecular complexity index is 963. The van der Waals surface area contributed by atoms with Gasteiger partial charge in [0.15, 0.2) is 9.84 Å². The summed E-state index contributed by atoms with van der Waals surface area (Å²) >= 11 is 0. The van der Waals surface area contributed by atoms with Crippen LogP contribution in [0.5, 0.6) is 0 Å². The van der Waals surface area contributed by atoms with Gasteiger partial charge in [-0.25, -0.2) is 17.9 Å². The second-order valence-electron chi connectivity index (χ2n) is 6.38. The van der Waals surface area contributed by atoms with Crippen molar-refractivity contribution in [2.45, 2.75) is 19.4 Å². The van der Waals surface area contributed by atoms with Crippen molar-refractivity contribution in [1.29, 1.82) is 0 Å². The molecule has 2 heterocycles. The average Bonchev–Trinajstić information content (AvgIpc) is 3.16. The molecule has 1 atom stereocenters. The first-order valence-corrected chi connectivity index (χ1v) is 9.87. The first-order valence-electron chi connectivity index (χ1n) is 8.05. The largest absolute Gasteiger partial charge is 0.478 e. The highest BCUT2D eigenvalue weighted by atomic mass is 32.2. The third-order valence-corrected chi connectivity index (χ3v) is 6.43. The van der Waals surface area contributed by atoms with E-state index in [0.717, 1.165) is 0 Å². The Morgan fingerprint density at radius 3 is 2.42 bits per heavy atom. The number of hydrogen-bond donors (Lipinski definition) is 1. The quantitative estimate of drug-likeness (QED) is 0.856. The van der Waals surface area contributed by atoms with Gasteiger partial charge in [-0.1, -0.05) is 0 Å². The van der Waals surface area contributed by atoms with Crippen LogP contribution >= 0.6 is 0 Å². The smallest absolute Gasteiger partial charge is 0.339 e. The van der Waals surface area contributed by atoms with Crippen molar-refractivity contribution < 1.29 is 23.1 Å². The number of carboxylic acid groups (broad SMARTS) is 1. The van der Waals surface area contributed by atoms with E-state index in [0.29, 0.717) is 23.4 Å². The van der Waals surface area contributed by atoms with Gasteiger partial charge in [0.25, 0.3) is 5.91 Å². The van der Waals surface area contributed by atoms with Crippen molar-refractivity contribution in [2.24, 2.45) is 0 Å². The van der Waals surface area contributed by atoms with Gasteiger partial charge in [-0.15, -0.1) is 0 Å². The van der Waals surface area contributed by atoms with Crippen molar-refractivity contribution in [3.63, 3.8) is 0 Å². The Morgan fingerprint density at radius 2 is 1.92 bits per heavy atom. The Morgan fingerprint density at radius 1 is 1.27 bits per heavy atom. The van der Waals surface area contributed by atoms with Gasteiger partial charge in [-0.2, -0.15) is 5.10 Å². The number of rotatable bonds is 4. The number of amides is 1. The van der Waals surface area contributed by atoms with Crippen molar-refractivity contribution >= 4 is 21.7 Å². The van der Waals surface area contributed by atoms with Crippen molar-refractivity contribution in [3.8, 4) is 5.69 Å². The summed E-state index contributed by atoms with van der Waals surface area (Å²) in [5.74, 6) is -1.19. The Balaban J connectivity index is 1.79. The summed E-state index contributed by atoms with van der Waals surface area (Å²) in [6.45, 7) is 1.66. The molecule has 0 radical (unpaired) electrons. The first kappa shape index (κ1) is 18.1. The summed E-state index contributed by atoms with van der Waals surface area (Å²) < 4.78 is 24.7. The molecule has 0 aliphatic carbocycles. The molecule has 1 amide bonds. The molecule has 138 valence electrons. The molecule has 2 aromatic rings. The molecular weight excluding hydrogens is 358 g/mol. The molecule has 3 rings (SSSR count). The zero-order valence-corrected chi connectivity index (χ0v) is 15.2. The Hall–Kier alpha value is -2.68. The number of aromatic nitrogens is 2. The lowest BCUT2D eigenvalue weighted by molar-refractivity contribution is 0.0694. The highest BCUT2D eigenvalue weighted by Gasteiger charge is 2.33. The minimum absolute atomic E-state index is 0.00221. The number of carbonyl (C=O) groups is 2. The molecule has 1 aliphatic rings. The Labute approximate surface area is 151 Å². The molecule has 0 bridgehead atoms. The summed E-state index contributed by atoms with van der Waals surface area (Å²) in [5.41, 5.74) is 1.68. The van der Waals surface area contributed by atoms with E-state index < -0.39 is 15.8 Å². The van der Waals surface area contributed by atoms with Crippen LogP contribution in [0.3, 0.4) is 0 Å². The minimum Gasteiger partial charge on any atom is -0.478 e. The first-order chi connectivity index (χ1) is 12.2. The summed E-state index contributed by atoms with van der Waals surface area (Å²) in [6.07, 6.45) is 1.73. The van der Waals surface area contributed by atoms with Crippen molar-refractivity contribution in [1.82, 2.24) is 14.7 Å². The lowest BCUT2D eigenvalue weighted by atomic mass is 10.1. The topological polar surface area (TPSA) is 110 Å². The normalized spacial score (nSPS) is 18.6. The summed E-state index contributed by atoms with van der Waals surface area (Å²) in [5, 5.41) is 13.2. The number of benzene rings is 1. The highest BCUT2D eigenvalue weighted by molar-refractivity contribution is 7.91. The average molecular weight is 377 g/mol. The van der Waals surface area contributed by atoms with E-state index in [2.05, 4.69) is 5.10 Å². The van der Waals surface area contributed by atoms with Gasteiger partial charge < -0.3 is 10.0 Å². The van der Waals surface area contributed by atoms with Crippen LogP contribution in [0.4, 0.5) is 0 Å². The molecule has 0 saturated carbocycles. The van der Waals surface area contributed by atoms with Gasteiger partial charge in [0, 0.05) is 18.7 Å². The van der Waals surface area contributed by atoms with Gasteiger partial charge >= 0.3 is 5.97 Å². The van der Waals surface area contributed by atoms with Crippen LogP contribution < -0.4 is 0 Å². The second-order valence-corrected chi connectivity index (χ2v) is 8.61. The number of nitrogens with zero attached hydrogens (tertiary/aromatic N) is 3. The molecule has 0 unspecified atom stereocenters. The van der Waals surface area contributed by atoms with Crippen molar-refractivity contribution in [2.75, 3.05) is 18.6 Å². The molecule has 1 saturated heterocycles. The SMILES string of the molecule is Cc1c(C(=O)O)cnn1-c1ccc(C(=O)N(C)[C@H]2CCS(=O)(=O)C2)cc1. The number of aromatic carboxylic acids is 1. The van der Waals surface area contributed by atoms with Gasteiger partial charge in [-0.05, 0) is 37.6 Å². The molecule has 1 aromatic heterocycles. The van der Waals surface area contributed by atoms with Crippen LogP contribution in [-0.4, -0.2) is 64.7 Å². The van der Waals surface area contributed by atoms with E-state index in [1.54, 1.807) is 38.2 Å². The zero-order chi connectivity index (χ0) is 19.1. The highest BCUT2D eigenvalue weighted by Crippen LogP contribution is 2.20. The fourth-order valence-electron chi connectivity index (χ4n) is 3.08. The molecular formula is C17H19N3O5S. The minimum atomic E-state index is -3.06.